The molecular formula is C8H14BrN3S. The first-order valence-corrected chi connectivity index (χ1v) is 6.38. The van der Waals surface area contributed by atoms with Gasteiger partial charge in [-0.05, 0) is 12.8 Å². The van der Waals surface area contributed by atoms with Gasteiger partial charge < -0.3 is 4.90 Å². The van der Waals surface area contributed by atoms with E-state index in [0.717, 1.165) is 17.0 Å². The molecule has 5 heteroatoms. The van der Waals surface area contributed by atoms with Crippen LogP contribution in [0.15, 0.2) is 5.51 Å². The molecule has 0 aliphatic heterocycles. The number of anilines is 1. The van der Waals surface area contributed by atoms with Gasteiger partial charge in [0.1, 0.15) is 5.51 Å². The van der Waals surface area contributed by atoms with Crippen molar-refractivity contribution in [1.29, 1.82) is 0 Å². The summed E-state index contributed by atoms with van der Waals surface area (Å²) in [7, 11) is 2.06. The minimum Gasteiger partial charge on any atom is -0.350 e. The van der Waals surface area contributed by atoms with E-state index in [2.05, 4.69) is 38.1 Å². The van der Waals surface area contributed by atoms with Crippen LogP contribution in [0.25, 0.3) is 0 Å². The number of nitrogens with zero attached hydrogens (tertiary/aromatic N) is 3. The van der Waals surface area contributed by atoms with Crippen molar-refractivity contribution in [3.63, 3.8) is 0 Å². The zero-order chi connectivity index (χ0) is 9.52. The quantitative estimate of drug-likeness (QED) is 0.584. The van der Waals surface area contributed by atoms with Crippen LogP contribution in [0, 0.1) is 0 Å². The number of aromatic nitrogens is 2. The summed E-state index contributed by atoms with van der Waals surface area (Å²) in [5.74, 6) is 0. The lowest BCUT2D eigenvalue weighted by Gasteiger charge is -2.13. The highest BCUT2D eigenvalue weighted by molar-refractivity contribution is 9.09. The molecule has 0 fully saturated rings. The number of alkyl halides is 1. The lowest BCUT2D eigenvalue weighted by molar-refractivity contribution is 0.708. The van der Waals surface area contributed by atoms with E-state index in [1.807, 2.05) is 0 Å². The third kappa shape index (κ3) is 4.04. The largest absolute Gasteiger partial charge is 0.350 e. The van der Waals surface area contributed by atoms with Gasteiger partial charge in [-0.25, -0.2) is 0 Å². The monoisotopic (exact) mass is 263 g/mol. The average molecular weight is 264 g/mol. The second-order valence-electron chi connectivity index (χ2n) is 2.89. The van der Waals surface area contributed by atoms with Crippen molar-refractivity contribution in [3.8, 4) is 0 Å². The maximum atomic E-state index is 4.00. The van der Waals surface area contributed by atoms with Gasteiger partial charge in [0, 0.05) is 18.9 Å². The van der Waals surface area contributed by atoms with Crippen molar-refractivity contribution >= 4 is 32.4 Å². The fourth-order valence-electron chi connectivity index (χ4n) is 1.05. The van der Waals surface area contributed by atoms with Gasteiger partial charge in [0.2, 0.25) is 5.13 Å². The van der Waals surface area contributed by atoms with Crippen molar-refractivity contribution < 1.29 is 0 Å². The van der Waals surface area contributed by atoms with Crippen LogP contribution in [0.1, 0.15) is 19.3 Å². The van der Waals surface area contributed by atoms with Crippen molar-refractivity contribution in [2.24, 2.45) is 0 Å². The zero-order valence-electron chi connectivity index (χ0n) is 7.74. The molecule has 13 heavy (non-hydrogen) atoms. The smallest absolute Gasteiger partial charge is 0.207 e. The molecule has 1 aromatic heterocycles. The molecule has 0 atom stereocenters. The molecule has 1 rings (SSSR count). The first-order valence-electron chi connectivity index (χ1n) is 4.38. The summed E-state index contributed by atoms with van der Waals surface area (Å²) >= 11 is 5.01. The van der Waals surface area contributed by atoms with Crippen LogP contribution in [0.2, 0.25) is 0 Å². The molecule has 3 nitrogen and oxygen atoms in total. The number of unbranched alkanes of at least 4 members (excludes halogenated alkanes) is 2. The molecule has 1 aromatic rings. The fourth-order valence-corrected chi connectivity index (χ4v) is 2.00. The fraction of sp³-hybridized carbons (Fsp3) is 0.750. The molecular weight excluding hydrogens is 250 g/mol. The molecule has 0 bridgehead atoms. The Labute approximate surface area is 91.3 Å². The molecule has 0 aliphatic rings. The third-order valence-corrected chi connectivity index (χ3v) is 3.17. The van der Waals surface area contributed by atoms with Gasteiger partial charge in [-0.2, -0.15) is 0 Å². The maximum Gasteiger partial charge on any atom is 0.207 e. The Bertz CT molecular complexity index is 215. The van der Waals surface area contributed by atoms with Gasteiger partial charge in [-0.3, -0.25) is 0 Å². The van der Waals surface area contributed by atoms with Crippen LogP contribution in [0.4, 0.5) is 5.13 Å². The second-order valence-corrected chi connectivity index (χ2v) is 4.50. The van der Waals surface area contributed by atoms with Crippen LogP contribution >= 0.6 is 27.3 Å². The Morgan fingerprint density at radius 3 is 2.92 bits per heavy atom. The molecule has 0 radical (unpaired) electrons. The van der Waals surface area contributed by atoms with Crippen molar-refractivity contribution in [2.45, 2.75) is 19.3 Å². The van der Waals surface area contributed by atoms with Crippen LogP contribution in [0.5, 0.6) is 0 Å². The van der Waals surface area contributed by atoms with Gasteiger partial charge in [0.15, 0.2) is 0 Å². The summed E-state index contributed by atoms with van der Waals surface area (Å²) in [5.41, 5.74) is 1.77. The minimum atomic E-state index is 1.01. The normalized spacial score (nSPS) is 10.3. The van der Waals surface area contributed by atoms with Crippen molar-refractivity contribution in [3.05, 3.63) is 5.51 Å². The van der Waals surface area contributed by atoms with Crippen LogP contribution in [-0.2, 0) is 0 Å². The molecule has 0 saturated heterocycles. The topological polar surface area (TPSA) is 29.0 Å². The first-order chi connectivity index (χ1) is 6.34. The Morgan fingerprint density at radius 1 is 1.46 bits per heavy atom. The molecule has 0 aromatic carbocycles. The molecule has 0 aliphatic carbocycles. The first kappa shape index (κ1) is 10.9. The molecule has 0 spiro atoms. The summed E-state index contributed by atoms with van der Waals surface area (Å²) in [6.45, 7) is 1.07. The second kappa shape index (κ2) is 6.32. The summed E-state index contributed by atoms with van der Waals surface area (Å²) in [6.07, 6.45) is 3.75. The van der Waals surface area contributed by atoms with E-state index in [-0.39, 0.29) is 0 Å². The predicted molar refractivity (Wildman–Crippen MR) is 60.8 cm³/mol. The number of rotatable bonds is 6. The maximum absolute atomic E-state index is 4.00. The predicted octanol–water partition coefficient (Wildman–Crippen LogP) is 2.54. The van der Waals surface area contributed by atoms with E-state index in [4.69, 9.17) is 0 Å². The summed E-state index contributed by atoms with van der Waals surface area (Å²) in [5, 5.41) is 9.93. The Morgan fingerprint density at radius 2 is 2.31 bits per heavy atom. The molecule has 74 valence electrons. The summed E-state index contributed by atoms with van der Waals surface area (Å²) in [4.78, 5) is 2.16. The van der Waals surface area contributed by atoms with E-state index in [0.29, 0.717) is 0 Å². The third-order valence-electron chi connectivity index (χ3n) is 1.80. The number of halogens is 1. The van der Waals surface area contributed by atoms with E-state index < -0.39 is 0 Å². The van der Waals surface area contributed by atoms with E-state index in [1.165, 1.54) is 19.3 Å². The number of hydrogen-bond acceptors (Lipinski definition) is 4. The van der Waals surface area contributed by atoms with Crippen molar-refractivity contribution in [1.82, 2.24) is 10.2 Å². The van der Waals surface area contributed by atoms with Crippen LogP contribution < -0.4 is 4.90 Å². The summed E-state index contributed by atoms with van der Waals surface area (Å²) in [6, 6.07) is 0. The molecule has 0 saturated carbocycles. The van der Waals surface area contributed by atoms with Crippen LogP contribution in [0.3, 0.4) is 0 Å². The highest BCUT2D eigenvalue weighted by atomic mass is 79.9. The average Bonchev–Trinajstić information content (AvgIpc) is 2.65. The van der Waals surface area contributed by atoms with E-state index >= 15 is 0 Å². The molecule has 1 heterocycles. The van der Waals surface area contributed by atoms with Gasteiger partial charge in [-0.15, -0.1) is 10.2 Å². The van der Waals surface area contributed by atoms with Gasteiger partial charge in [-0.1, -0.05) is 33.7 Å². The minimum absolute atomic E-state index is 1.01. The Hall–Kier alpha value is -0.160. The summed E-state index contributed by atoms with van der Waals surface area (Å²) < 4.78 is 0. The van der Waals surface area contributed by atoms with Gasteiger partial charge in [0.05, 0.1) is 0 Å². The highest BCUT2D eigenvalue weighted by Gasteiger charge is 2.02. The lowest BCUT2D eigenvalue weighted by Crippen LogP contribution is -2.18. The van der Waals surface area contributed by atoms with E-state index in [1.54, 1.807) is 16.8 Å². The lowest BCUT2D eigenvalue weighted by atomic mass is 10.2. The zero-order valence-corrected chi connectivity index (χ0v) is 10.1. The Kier molecular flexibility index (Phi) is 5.31. The molecule has 0 amide bonds. The molecule has 0 unspecified atom stereocenters. The molecule has 0 N–H and O–H groups in total. The van der Waals surface area contributed by atoms with E-state index in [9.17, 15) is 0 Å². The van der Waals surface area contributed by atoms with Crippen LogP contribution in [-0.4, -0.2) is 29.1 Å². The standard InChI is InChI=1S/C8H14BrN3S/c1-12(6-4-2-3-5-9)8-11-10-7-13-8/h7H,2-6H2,1H3. The highest BCUT2D eigenvalue weighted by Crippen LogP contribution is 2.14. The SMILES string of the molecule is CN(CCCCCBr)c1nncs1. The number of hydrogen-bond donors (Lipinski definition) is 0. The van der Waals surface area contributed by atoms with Gasteiger partial charge >= 0.3 is 0 Å². The van der Waals surface area contributed by atoms with Crippen molar-refractivity contribution in [2.75, 3.05) is 23.8 Å². The Balaban J connectivity index is 2.15. The van der Waals surface area contributed by atoms with Gasteiger partial charge in [0.25, 0.3) is 0 Å².